The molecule has 0 spiro atoms. The summed E-state index contributed by atoms with van der Waals surface area (Å²) in [6.45, 7) is 14.6. The third-order valence-electron chi connectivity index (χ3n) is 10.0. The quantitative estimate of drug-likeness (QED) is 0.493. The molecule has 0 radical (unpaired) electrons. The van der Waals surface area contributed by atoms with Crippen molar-refractivity contribution in [2.45, 2.75) is 92.6 Å². The van der Waals surface area contributed by atoms with Gasteiger partial charge < -0.3 is 5.11 Å². The summed E-state index contributed by atoms with van der Waals surface area (Å²) in [5.74, 6) is 4.38. The lowest BCUT2D eigenvalue weighted by molar-refractivity contribution is 0.0382. The smallest absolute Gasteiger partial charge is 0.0578 e. The van der Waals surface area contributed by atoms with Crippen LogP contribution in [0.15, 0.2) is 35.5 Å². The van der Waals surface area contributed by atoms with Gasteiger partial charge in [-0.3, -0.25) is 0 Å². The molecule has 1 heteroatoms. The van der Waals surface area contributed by atoms with Crippen molar-refractivity contribution < 1.29 is 5.11 Å². The van der Waals surface area contributed by atoms with Crippen molar-refractivity contribution in [1.82, 2.24) is 0 Å². The average molecular weight is 397 g/mol. The minimum Gasteiger partial charge on any atom is -0.393 e. The maximum absolute atomic E-state index is 10.2. The number of rotatable bonds is 4. The van der Waals surface area contributed by atoms with Gasteiger partial charge in [0.1, 0.15) is 0 Å². The molecule has 3 fully saturated rings. The van der Waals surface area contributed by atoms with E-state index >= 15 is 0 Å². The van der Waals surface area contributed by atoms with E-state index in [1.165, 1.54) is 37.7 Å². The largest absolute Gasteiger partial charge is 0.393 e. The molecular weight excluding hydrogens is 352 g/mol. The Balaban J connectivity index is 1.57. The molecule has 0 aliphatic heterocycles. The second kappa shape index (κ2) is 7.70. The summed E-state index contributed by atoms with van der Waals surface area (Å²) in [6.07, 6.45) is 18.4. The summed E-state index contributed by atoms with van der Waals surface area (Å²) in [4.78, 5) is 0. The second-order valence-electron chi connectivity index (χ2n) is 11.9. The Labute approximate surface area is 179 Å². The van der Waals surface area contributed by atoms with Crippen LogP contribution in [0.2, 0.25) is 0 Å². The number of aliphatic hydroxyl groups is 1. The van der Waals surface area contributed by atoms with Crippen LogP contribution in [0.25, 0.3) is 0 Å². The molecule has 162 valence electrons. The maximum Gasteiger partial charge on any atom is 0.0578 e. The van der Waals surface area contributed by atoms with E-state index < -0.39 is 0 Å². The van der Waals surface area contributed by atoms with Crippen molar-refractivity contribution in [3.63, 3.8) is 0 Å². The highest BCUT2D eigenvalue weighted by Crippen LogP contribution is 2.65. The molecule has 0 aromatic rings. The predicted octanol–water partition coefficient (Wildman–Crippen LogP) is 7.33. The molecule has 0 bridgehead atoms. The van der Waals surface area contributed by atoms with Crippen LogP contribution in [0.3, 0.4) is 0 Å². The summed E-state index contributed by atoms with van der Waals surface area (Å²) in [5.41, 5.74) is 4.07. The first-order valence-corrected chi connectivity index (χ1v) is 12.4. The fourth-order valence-corrected chi connectivity index (χ4v) is 7.59. The van der Waals surface area contributed by atoms with Gasteiger partial charge in [0.15, 0.2) is 0 Å². The first-order valence-electron chi connectivity index (χ1n) is 12.4. The third-order valence-corrected chi connectivity index (χ3v) is 10.0. The van der Waals surface area contributed by atoms with Crippen LogP contribution in [0, 0.1) is 46.3 Å². The molecule has 0 heterocycles. The van der Waals surface area contributed by atoms with E-state index in [4.69, 9.17) is 0 Å². The van der Waals surface area contributed by atoms with Crippen molar-refractivity contribution >= 4 is 0 Å². The van der Waals surface area contributed by atoms with E-state index in [2.05, 4.69) is 65.8 Å². The van der Waals surface area contributed by atoms with E-state index in [0.29, 0.717) is 22.7 Å². The van der Waals surface area contributed by atoms with Gasteiger partial charge in [-0.25, -0.2) is 0 Å². The van der Waals surface area contributed by atoms with E-state index in [1.807, 2.05) is 0 Å². The zero-order valence-corrected chi connectivity index (χ0v) is 19.7. The van der Waals surface area contributed by atoms with Crippen LogP contribution in [0.5, 0.6) is 0 Å². The lowest BCUT2D eigenvalue weighted by Crippen LogP contribution is -2.46. The van der Waals surface area contributed by atoms with Gasteiger partial charge in [0, 0.05) is 0 Å². The third kappa shape index (κ3) is 3.50. The van der Waals surface area contributed by atoms with Gasteiger partial charge in [-0.05, 0) is 91.3 Å². The van der Waals surface area contributed by atoms with Crippen LogP contribution < -0.4 is 0 Å². The van der Waals surface area contributed by atoms with Crippen LogP contribution in [-0.4, -0.2) is 11.2 Å². The number of fused-ring (bicyclic) bond motifs is 5. The molecule has 0 aromatic carbocycles. The molecule has 1 nitrogen and oxygen atoms in total. The normalized spacial score (nSPS) is 44.0. The minimum absolute atomic E-state index is 0.116. The summed E-state index contributed by atoms with van der Waals surface area (Å²) in [7, 11) is 0. The van der Waals surface area contributed by atoms with E-state index in [9.17, 15) is 5.11 Å². The number of hydrogen-bond donors (Lipinski definition) is 1. The molecule has 4 aliphatic carbocycles. The van der Waals surface area contributed by atoms with Gasteiger partial charge in [-0.15, -0.1) is 0 Å². The molecule has 0 unspecified atom stereocenters. The van der Waals surface area contributed by atoms with Crippen LogP contribution in [0.1, 0.15) is 86.5 Å². The summed E-state index contributed by atoms with van der Waals surface area (Å²) in [5, 5.41) is 10.2. The molecule has 0 saturated heterocycles. The average Bonchev–Trinajstić information content (AvgIpc) is 3.03. The lowest BCUT2D eigenvalue weighted by Gasteiger charge is -2.55. The Morgan fingerprint density at radius 3 is 2.41 bits per heavy atom. The standard InChI is InChI=1S/C28H44O/c1-18(2)19(3)7-8-20(4)24-11-12-25-23-10-9-21-17-22(29)13-15-27(21,5)26(23)14-16-28(24,25)6/h7-10,18-20,22,24-26,29H,11-17H2,1-6H3/b8-7+/t19-,20-,22-,24+,25+,26+,27+,28+/m0/s1. The Hall–Kier alpha value is -0.820. The van der Waals surface area contributed by atoms with Crippen LogP contribution in [0.4, 0.5) is 0 Å². The molecule has 3 saturated carbocycles. The summed E-state index contributed by atoms with van der Waals surface area (Å²) in [6, 6.07) is 0. The summed E-state index contributed by atoms with van der Waals surface area (Å²) < 4.78 is 0. The fraction of sp³-hybridized carbons (Fsp3) is 0.786. The monoisotopic (exact) mass is 396 g/mol. The highest BCUT2D eigenvalue weighted by Gasteiger charge is 2.56. The molecule has 1 N–H and O–H groups in total. The van der Waals surface area contributed by atoms with Gasteiger partial charge >= 0.3 is 0 Å². The van der Waals surface area contributed by atoms with Crippen molar-refractivity contribution in [3.05, 3.63) is 35.5 Å². The van der Waals surface area contributed by atoms with Crippen LogP contribution in [-0.2, 0) is 0 Å². The van der Waals surface area contributed by atoms with Crippen molar-refractivity contribution in [2.75, 3.05) is 0 Å². The molecule has 4 aliphatic rings. The van der Waals surface area contributed by atoms with Gasteiger partial charge in [-0.2, -0.15) is 0 Å². The first-order chi connectivity index (χ1) is 13.7. The highest BCUT2D eigenvalue weighted by molar-refractivity contribution is 5.39. The number of hydrogen-bond acceptors (Lipinski definition) is 1. The van der Waals surface area contributed by atoms with E-state index in [1.54, 1.807) is 5.57 Å². The van der Waals surface area contributed by atoms with Crippen molar-refractivity contribution in [2.24, 2.45) is 46.3 Å². The van der Waals surface area contributed by atoms with Crippen molar-refractivity contribution in [3.8, 4) is 0 Å². The van der Waals surface area contributed by atoms with Gasteiger partial charge in [-0.1, -0.05) is 77.0 Å². The molecule has 0 aromatic heterocycles. The van der Waals surface area contributed by atoms with Crippen molar-refractivity contribution in [1.29, 1.82) is 0 Å². The molecule has 29 heavy (non-hydrogen) atoms. The number of allylic oxidation sites excluding steroid dienone is 5. The van der Waals surface area contributed by atoms with Gasteiger partial charge in [0.05, 0.1) is 6.10 Å². The Morgan fingerprint density at radius 2 is 1.69 bits per heavy atom. The summed E-state index contributed by atoms with van der Waals surface area (Å²) >= 11 is 0. The lowest BCUT2D eigenvalue weighted by atomic mass is 9.50. The van der Waals surface area contributed by atoms with E-state index in [-0.39, 0.29) is 6.10 Å². The Morgan fingerprint density at radius 1 is 0.931 bits per heavy atom. The zero-order valence-electron chi connectivity index (χ0n) is 19.7. The predicted molar refractivity (Wildman–Crippen MR) is 123 cm³/mol. The zero-order chi connectivity index (χ0) is 21.0. The van der Waals surface area contributed by atoms with Gasteiger partial charge in [0.25, 0.3) is 0 Å². The fourth-order valence-electron chi connectivity index (χ4n) is 7.59. The highest BCUT2D eigenvalue weighted by atomic mass is 16.3. The SMILES string of the molecule is CC(C)[C@@H](C)/C=C/[C@H](C)[C@H]1CC[C@@H]2C3=CC=C4C[C@@H](O)CC[C@@]4(C)[C@@H]3CC[C@@]21C. The molecular formula is C28H44O. The molecule has 4 rings (SSSR count). The topological polar surface area (TPSA) is 20.2 Å². The molecule has 0 amide bonds. The second-order valence-corrected chi connectivity index (χ2v) is 11.9. The van der Waals surface area contributed by atoms with E-state index in [0.717, 1.165) is 36.5 Å². The minimum atomic E-state index is -0.116. The van der Waals surface area contributed by atoms with Crippen LogP contribution >= 0.6 is 0 Å². The maximum atomic E-state index is 10.2. The van der Waals surface area contributed by atoms with Gasteiger partial charge in [0.2, 0.25) is 0 Å². The first kappa shape index (κ1) is 21.4. The Bertz CT molecular complexity index is 712. The number of aliphatic hydroxyl groups excluding tert-OH is 1. The molecule has 8 atom stereocenters. The Kier molecular flexibility index (Phi) is 5.69.